The number of nitrogens with zero attached hydrogens (tertiary/aromatic N) is 1. The Hall–Kier alpha value is -0.570. The van der Waals surface area contributed by atoms with Gasteiger partial charge in [0.1, 0.15) is 0 Å². The van der Waals surface area contributed by atoms with E-state index in [1.807, 2.05) is 0 Å². The third-order valence-corrected chi connectivity index (χ3v) is 4.69. The van der Waals surface area contributed by atoms with Crippen molar-refractivity contribution in [3.05, 3.63) is 0 Å². The van der Waals surface area contributed by atoms with Crippen LogP contribution in [0.25, 0.3) is 0 Å². The van der Waals surface area contributed by atoms with Gasteiger partial charge in [-0.05, 0) is 57.2 Å². The number of unbranched alkanes of at least 4 members (excludes halogenated alkanes) is 1. The maximum atomic E-state index is 7.57. The average molecular weight is 267 g/mol. The molecule has 1 fully saturated rings. The molecule has 0 saturated carbocycles. The van der Waals surface area contributed by atoms with Gasteiger partial charge in [0.25, 0.3) is 0 Å². The zero-order valence-corrected chi connectivity index (χ0v) is 13.4. The highest BCUT2D eigenvalue weighted by atomic mass is 15.1. The predicted octanol–water partition coefficient (Wildman–Crippen LogP) is 3.63. The second-order valence-electron chi connectivity index (χ2n) is 7.61. The first-order chi connectivity index (χ1) is 8.73. The van der Waals surface area contributed by atoms with Gasteiger partial charge in [-0.3, -0.25) is 5.41 Å². The summed E-state index contributed by atoms with van der Waals surface area (Å²) in [4.78, 5) is 2.62. The molecule has 3 heteroatoms. The van der Waals surface area contributed by atoms with Crippen LogP contribution in [-0.2, 0) is 0 Å². The predicted molar refractivity (Wildman–Crippen MR) is 83.6 cm³/mol. The monoisotopic (exact) mass is 267 g/mol. The maximum absolute atomic E-state index is 7.57. The van der Waals surface area contributed by atoms with Crippen LogP contribution in [0.4, 0.5) is 0 Å². The molecule has 0 aromatic heterocycles. The summed E-state index contributed by atoms with van der Waals surface area (Å²) in [6.45, 7) is 12.7. The van der Waals surface area contributed by atoms with Gasteiger partial charge in [0, 0.05) is 5.41 Å². The van der Waals surface area contributed by atoms with Gasteiger partial charge in [-0.15, -0.1) is 0 Å². The zero-order chi connectivity index (χ0) is 14.5. The smallest absolute Gasteiger partial charge is 0.0963 e. The summed E-state index contributed by atoms with van der Waals surface area (Å²) >= 11 is 0. The number of likely N-dealkylation sites (tertiary alicyclic amines) is 1. The Morgan fingerprint density at radius 2 is 1.89 bits per heavy atom. The van der Waals surface area contributed by atoms with Gasteiger partial charge in [-0.25, -0.2) is 0 Å². The van der Waals surface area contributed by atoms with E-state index < -0.39 is 0 Å². The van der Waals surface area contributed by atoms with Crippen LogP contribution in [0.3, 0.4) is 0 Å². The van der Waals surface area contributed by atoms with Crippen molar-refractivity contribution in [3.8, 4) is 0 Å². The van der Waals surface area contributed by atoms with Gasteiger partial charge in [0.2, 0.25) is 0 Å². The summed E-state index contributed by atoms with van der Waals surface area (Å²) in [6, 6.07) is 0. The fourth-order valence-electron chi connectivity index (χ4n) is 2.74. The number of amidine groups is 1. The number of rotatable bonds is 6. The summed E-state index contributed by atoms with van der Waals surface area (Å²) in [7, 11) is 0. The first kappa shape index (κ1) is 16.5. The van der Waals surface area contributed by atoms with Gasteiger partial charge in [0.15, 0.2) is 0 Å². The van der Waals surface area contributed by atoms with Crippen molar-refractivity contribution in [2.24, 2.45) is 16.6 Å². The Morgan fingerprint density at radius 1 is 1.21 bits per heavy atom. The van der Waals surface area contributed by atoms with Crippen LogP contribution in [0, 0.1) is 16.2 Å². The molecule has 0 aromatic rings. The highest BCUT2D eigenvalue weighted by Crippen LogP contribution is 2.30. The van der Waals surface area contributed by atoms with Gasteiger partial charge >= 0.3 is 0 Å². The van der Waals surface area contributed by atoms with E-state index in [0.717, 1.165) is 6.42 Å². The van der Waals surface area contributed by atoms with E-state index in [1.54, 1.807) is 0 Å². The van der Waals surface area contributed by atoms with E-state index >= 15 is 0 Å². The van der Waals surface area contributed by atoms with Crippen LogP contribution < -0.4 is 5.73 Å². The molecule has 1 saturated heterocycles. The molecule has 0 spiro atoms. The van der Waals surface area contributed by atoms with E-state index in [4.69, 9.17) is 11.1 Å². The summed E-state index contributed by atoms with van der Waals surface area (Å²) < 4.78 is 0. The van der Waals surface area contributed by atoms with E-state index in [1.165, 1.54) is 51.7 Å². The third kappa shape index (κ3) is 5.94. The minimum Gasteiger partial charge on any atom is -0.387 e. The van der Waals surface area contributed by atoms with E-state index in [0.29, 0.717) is 11.3 Å². The molecule has 19 heavy (non-hydrogen) atoms. The van der Waals surface area contributed by atoms with Crippen LogP contribution in [0.15, 0.2) is 0 Å². The van der Waals surface area contributed by atoms with Crippen molar-refractivity contribution in [2.45, 2.75) is 66.2 Å². The lowest BCUT2D eigenvalue weighted by Gasteiger charge is -2.25. The molecule has 0 atom stereocenters. The fraction of sp³-hybridized carbons (Fsp3) is 0.938. The second kappa shape index (κ2) is 6.74. The highest BCUT2D eigenvalue weighted by molar-refractivity contribution is 5.82. The Balaban J connectivity index is 2.21. The molecule has 0 bridgehead atoms. The van der Waals surface area contributed by atoms with Crippen molar-refractivity contribution in [1.29, 1.82) is 5.41 Å². The van der Waals surface area contributed by atoms with Crippen molar-refractivity contribution in [1.82, 2.24) is 4.90 Å². The highest BCUT2D eigenvalue weighted by Gasteiger charge is 2.23. The molecular weight excluding hydrogens is 234 g/mol. The minimum atomic E-state index is -0.124. The fourth-order valence-corrected chi connectivity index (χ4v) is 2.74. The molecule has 3 nitrogen and oxygen atoms in total. The Bertz CT molecular complexity index is 294. The molecule has 112 valence electrons. The van der Waals surface area contributed by atoms with Crippen LogP contribution in [0.2, 0.25) is 0 Å². The van der Waals surface area contributed by atoms with Crippen LogP contribution in [0.5, 0.6) is 0 Å². The van der Waals surface area contributed by atoms with Crippen molar-refractivity contribution < 1.29 is 0 Å². The van der Waals surface area contributed by atoms with E-state index in [-0.39, 0.29) is 5.41 Å². The first-order valence-electron chi connectivity index (χ1n) is 7.80. The molecule has 0 aromatic carbocycles. The second-order valence-corrected chi connectivity index (χ2v) is 7.61. The number of nitrogens with two attached hydrogens (primary N) is 1. The SMILES string of the molecule is CC1(C)CCCN(CCCCC(C)(C)C(=N)N)CC1. The largest absolute Gasteiger partial charge is 0.387 e. The summed E-state index contributed by atoms with van der Waals surface area (Å²) in [5.74, 6) is 0.323. The lowest BCUT2D eigenvalue weighted by molar-refractivity contribution is 0.254. The van der Waals surface area contributed by atoms with Gasteiger partial charge in [-0.2, -0.15) is 0 Å². The molecular formula is C16H33N3. The van der Waals surface area contributed by atoms with Crippen LogP contribution in [-0.4, -0.2) is 30.4 Å². The van der Waals surface area contributed by atoms with E-state index in [2.05, 4.69) is 32.6 Å². The first-order valence-corrected chi connectivity index (χ1v) is 7.80. The number of nitrogens with one attached hydrogen (secondary N) is 1. The van der Waals surface area contributed by atoms with E-state index in [9.17, 15) is 0 Å². The molecule has 1 heterocycles. The Labute approximate surface area is 119 Å². The quantitative estimate of drug-likeness (QED) is 0.438. The topological polar surface area (TPSA) is 53.1 Å². The van der Waals surface area contributed by atoms with Gasteiger partial charge in [0.05, 0.1) is 5.84 Å². The average Bonchev–Trinajstić information content (AvgIpc) is 2.46. The molecule has 0 radical (unpaired) electrons. The molecule has 1 aliphatic rings. The third-order valence-electron chi connectivity index (χ3n) is 4.69. The Morgan fingerprint density at radius 3 is 2.53 bits per heavy atom. The molecule has 1 aliphatic heterocycles. The molecule has 0 amide bonds. The number of hydrogen-bond acceptors (Lipinski definition) is 2. The normalized spacial score (nSPS) is 21.1. The van der Waals surface area contributed by atoms with Gasteiger partial charge < -0.3 is 10.6 Å². The minimum absolute atomic E-state index is 0.124. The van der Waals surface area contributed by atoms with Crippen molar-refractivity contribution in [2.75, 3.05) is 19.6 Å². The molecule has 0 aliphatic carbocycles. The van der Waals surface area contributed by atoms with Crippen LogP contribution in [0.1, 0.15) is 66.2 Å². The van der Waals surface area contributed by atoms with Crippen molar-refractivity contribution >= 4 is 5.84 Å². The summed E-state index contributed by atoms with van der Waals surface area (Å²) in [5.41, 5.74) is 6.03. The summed E-state index contributed by atoms with van der Waals surface area (Å²) in [6.07, 6.45) is 7.46. The molecule has 0 unspecified atom stereocenters. The zero-order valence-electron chi connectivity index (χ0n) is 13.4. The number of hydrogen-bond donors (Lipinski definition) is 2. The standard InChI is InChI=1S/C16H33N3/c1-15(2)8-7-12-19(13-10-15)11-6-5-9-16(3,4)14(17)18/h5-13H2,1-4H3,(H3,17,18). The van der Waals surface area contributed by atoms with Gasteiger partial charge in [-0.1, -0.05) is 34.1 Å². The molecule has 3 N–H and O–H groups in total. The maximum Gasteiger partial charge on any atom is 0.0963 e. The summed E-state index contributed by atoms with van der Waals surface area (Å²) in [5, 5.41) is 7.57. The van der Waals surface area contributed by atoms with Crippen molar-refractivity contribution in [3.63, 3.8) is 0 Å². The molecule has 1 rings (SSSR count). The van der Waals surface area contributed by atoms with Crippen LogP contribution >= 0.6 is 0 Å². The lowest BCUT2D eigenvalue weighted by atomic mass is 9.85. The Kier molecular flexibility index (Phi) is 5.84. The lowest BCUT2D eigenvalue weighted by Crippen LogP contribution is -2.31.